The first-order chi connectivity index (χ1) is 9.97. The third-order valence-electron chi connectivity index (χ3n) is 2.85. The molecule has 0 aliphatic carbocycles. The standard InChI is InChI=1S/C16H13ClO3S/c1-10(18)16-11(9-15(19)20)3-2-4-14(16)21-13-7-5-12(17)6-8-13/h2-8H,9H2,1H3,(H,19,20). The molecule has 2 aromatic rings. The van der Waals surface area contributed by atoms with E-state index in [1.807, 2.05) is 18.2 Å². The Kier molecular flexibility index (Phi) is 5.04. The lowest BCUT2D eigenvalue weighted by Crippen LogP contribution is -2.07. The molecule has 0 aromatic heterocycles. The van der Waals surface area contributed by atoms with Crippen molar-refractivity contribution in [3.05, 3.63) is 58.6 Å². The minimum Gasteiger partial charge on any atom is -0.481 e. The number of carbonyl (C=O) groups excluding carboxylic acids is 1. The minimum atomic E-state index is -0.953. The van der Waals surface area contributed by atoms with Crippen LogP contribution in [0.2, 0.25) is 5.02 Å². The fraction of sp³-hybridized carbons (Fsp3) is 0.125. The van der Waals surface area contributed by atoms with E-state index >= 15 is 0 Å². The van der Waals surface area contributed by atoms with Crippen LogP contribution in [0.15, 0.2) is 52.3 Å². The molecule has 0 spiro atoms. The van der Waals surface area contributed by atoms with Gasteiger partial charge in [-0.2, -0.15) is 0 Å². The molecule has 0 aliphatic heterocycles. The summed E-state index contributed by atoms with van der Waals surface area (Å²) in [5, 5.41) is 9.60. The lowest BCUT2D eigenvalue weighted by atomic mass is 10.0. The Labute approximate surface area is 131 Å². The van der Waals surface area contributed by atoms with E-state index in [1.165, 1.54) is 18.7 Å². The molecule has 0 fully saturated rings. The van der Waals surface area contributed by atoms with Gasteiger partial charge < -0.3 is 5.11 Å². The van der Waals surface area contributed by atoms with Crippen LogP contribution in [0, 0.1) is 0 Å². The summed E-state index contributed by atoms with van der Waals surface area (Å²) in [5.41, 5.74) is 1.01. The van der Waals surface area contributed by atoms with E-state index in [0.29, 0.717) is 16.1 Å². The molecule has 0 heterocycles. The maximum absolute atomic E-state index is 11.9. The molecule has 0 atom stereocenters. The van der Waals surface area contributed by atoms with Crippen LogP contribution in [-0.2, 0) is 11.2 Å². The maximum atomic E-state index is 11.9. The molecule has 0 amide bonds. The number of carboxylic acid groups (broad SMARTS) is 1. The van der Waals surface area contributed by atoms with Crippen molar-refractivity contribution in [1.29, 1.82) is 0 Å². The Morgan fingerprint density at radius 2 is 1.81 bits per heavy atom. The highest BCUT2D eigenvalue weighted by atomic mass is 35.5. The van der Waals surface area contributed by atoms with E-state index in [2.05, 4.69) is 0 Å². The van der Waals surface area contributed by atoms with Crippen LogP contribution >= 0.6 is 23.4 Å². The second-order valence-corrected chi connectivity index (χ2v) is 6.02. The summed E-state index contributed by atoms with van der Waals surface area (Å²) in [5.74, 6) is -1.09. The summed E-state index contributed by atoms with van der Waals surface area (Å²) in [6.07, 6.45) is -0.163. The van der Waals surface area contributed by atoms with Gasteiger partial charge in [0.15, 0.2) is 5.78 Å². The van der Waals surface area contributed by atoms with Gasteiger partial charge in [0.2, 0.25) is 0 Å². The van der Waals surface area contributed by atoms with Crippen molar-refractivity contribution >= 4 is 35.1 Å². The number of carbonyl (C=O) groups is 2. The number of rotatable bonds is 5. The van der Waals surface area contributed by atoms with E-state index in [0.717, 1.165) is 9.79 Å². The van der Waals surface area contributed by atoms with Gasteiger partial charge in [0.05, 0.1) is 6.42 Å². The Hall–Kier alpha value is -1.78. The smallest absolute Gasteiger partial charge is 0.307 e. The SMILES string of the molecule is CC(=O)c1c(CC(=O)O)cccc1Sc1ccc(Cl)cc1. The van der Waals surface area contributed by atoms with Gasteiger partial charge in [-0.1, -0.05) is 35.5 Å². The van der Waals surface area contributed by atoms with Gasteiger partial charge in [-0.15, -0.1) is 0 Å². The summed E-state index contributed by atoms with van der Waals surface area (Å²) < 4.78 is 0. The molecule has 5 heteroatoms. The fourth-order valence-electron chi connectivity index (χ4n) is 2.00. The summed E-state index contributed by atoms with van der Waals surface area (Å²) >= 11 is 7.27. The highest BCUT2D eigenvalue weighted by Gasteiger charge is 2.15. The molecule has 2 rings (SSSR count). The van der Waals surface area contributed by atoms with Crippen LogP contribution in [0.1, 0.15) is 22.8 Å². The summed E-state index contributed by atoms with van der Waals surface area (Å²) in [6, 6.07) is 12.5. The largest absolute Gasteiger partial charge is 0.481 e. The molecule has 108 valence electrons. The van der Waals surface area contributed by atoms with Gasteiger partial charge in [-0.3, -0.25) is 9.59 Å². The molecule has 0 bridgehead atoms. The summed E-state index contributed by atoms with van der Waals surface area (Å²) in [7, 11) is 0. The highest BCUT2D eigenvalue weighted by molar-refractivity contribution is 7.99. The second-order valence-electron chi connectivity index (χ2n) is 4.47. The first-order valence-corrected chi connectivity index (χ1v) is 7.45. The lowest BCUT2D eigenvalue weighted by Gasteiger charge is -2.11. The Morgan fingerprint density at radius 1 is 1.14 bits per heavy atom. The highest BCUT2D eigenvalue weighted by Crippen LogP contribution is 2.33. The van der Waals surface area contributed by atoms with Gasteiger partial charge in [0, 0.05) is 20.4 Å². The molecule has 3 nitrogen and oxygen atoms in total. The van der Waals surface area contributed by atoms with Crippen LogP contribution in [0.25, 0.3) is 0 Å². The number of carboxylic acids is 1. The van der Waals surface area contributed by atoms with Crippen molar-refractivity contribution < 1.29 is 14.7 Å². The van der Waals surface area contributed by atoms with Crippen LogP contribution in [0.3, 0.4) is 0 Å². The Morgan fingerprint density at radius 3 is 2.38 bits per heavy atom. The van der Waals surface area contributed by atoms with Crippen molar-refractivity contribution in [2.45, 2.75) is 23.1 Å². The summed E-state index contributed by atoms with van der Waals surface area (Å²) in [6.45, 7) is 1.45. The molecule has 1 N–H and O–H groups in total. The second kappa shape index (κ2) is 6.78. The fourth-order valence-corrected chi connectivity index (χ4v) is 3.18. The Bertz CT molecular complexity index is 680. The number of benzene rings is 2. The monoisotopic (exact) mass is 320 g/mol. The molecule has 0 unspecified atom stereocenters. The van der Waals surface area contributed by atoms with E-state index in [9.17, 15) is 9.59 Å². The zero-order valence-corrected chi connectivity index (χ0v) is 12.9. The zero-order chi connectivity index (χ0) is 15.4. The van der Waals surface area contributed by atoms with Crippen LogP contribution in [0.4, 0.5) is 0 Å². The molecular formula is C16H13ClO3S. The first-order valence-electron chi connectivity index (χ1n) is 6.25. The number of ketones is 1. The van der Waals surface area contributed by atoms with Crippen LogP contribution in [0.5, 0.6) is 0 Å². The number of Topliss-reactive ketones (excluding diaryl/α,β-unsaturated/α-hetero) is 1. The number of hydrogen-bond donors (Lipinski definition) is 1. The topological polar surface area (TPSA) is 54.4 Å². The number of hydrogen-bond acceptors (Lipinski definition) is 3. The van der Waals surface area contributed by atoms with Crippen LogP contribution in [-0.4, -0.2) is 16.9 Å². The minimum absolute atomic E-state index is 0.136. The molecule has 2 aromatic carbocycles. The number of halogens is 1. The average Bonchev–Trinajstić information content (AvgIpc) is 2.40. The van der Waals surface area contributed by atoms with Gasteiger partial charge in [-0.25, -0.2) is 0 Å². The Balaban J connectivity index is 2.40. The average molecular weight is 321 g/mol. The molecule has 0 saturated carbocycles. The van der Waals surface area contributed by atoms with Gasteiger partial charge in [0.25, 0.3) is 0 Å². The van der Waals surface area contributed by atoms with Gasteiger partial charge in [0.1, 0.15) is 0 Å². The first kappa shape index (κ1) is 15.6. The van der Waals surface area contributed by atoms with Crippen molar-refractivity contribution in [3.63, 3.8) is 0 Å². The van der Waals surface area contributed by atoms with Crippen molar-refractivity contribution in [2.24, 2.45) is 0 Å². The van der Waals surface area contributed by atoms with E-state index < -0.39 is 5.97 Å². The predicted octanol–water partition coefficient (Wildman–Crippen LogP) is 4.32. The predicted molar refractivity (Wildman–Crippen MR) is 83.4 cm³/mol. The quantitative estimate of drug-likeness (QED) is 0.833. The molecule has 0 aliphatic rings. The maximum Gasteiger partial charge on any atom is 0.307 e. The third kappa shape index (κ3) is 4.09. The molecular weight excluding hydrogens is 308 g/mol. The number of aliphatic carboxylic acids is 1. The third-order valence-corrected chi connectivity index (χ3v) is 4.17. The van der Waals surface area contributed by atoms with Crippen molar-refractivity contribution in [1.82, 2.24) is 0 Å². The van der Waals surface area contributed by atoms with Crippen molar-refractivity contribution in [3.8, 4) is 0 Å². The zero-order valence-electron chi connectivity index (χ0n) is 11.3. The van der Waals surface area contributed by atoms with Crippen LogP contribution < -0.4 is 0 Å². The van der Waals surface area contributed by atoms with E-state index in [-0.39, 0.29) is 12.2 Å². The van der Waals surface area contributed by atoms with E-state index in [1.54, 1.807) is 24.3 Å². The van der Waals surface area contributed by atoms with Crippen molar-refractivity contribution in [2.75, 3.05) is 0 Å². The van der Waals surface area contributed by atoms with Gasteiger partial charge >= 0.3 is 5.97 Å². The normalized spacial score (nSPS) is 10.4. The molecule has 21 heavy (non-hydrogen) atoms. The molecule has 0 saturated heterocycles. The van der Waals surface area contributed by atoms with Gasteiger partial charge in [-0.05, 0) is 42.8 Å². The summed E-state index contributed by atoms with van der Waals surface area (Å²) in [4.78, 5) is 24.5. The van der Waals surface area contributed by atoms with E-state index in [4.69, 9.17) is 16.7 Å². The lowest BCUT2D eigenvalue weighted by molar-refractivity contribution is -0.136. The molecule has 0 radical (unpaired) electrons.